The molecular weight excluding hydrogens is 394 g/mol. The van der Waals surface area contributed by atoms with Crippen LogP contribution in [0.25, 0.3) is 0 Å². The second-order valence-corrected chi connectivity index (χ2v) is 9.65. The van der Waals surface area contributed by atoms with Crippen LogP contribution in [0.3, 0.4) is 0 Å². The molecule has 1 unspecified atom stereocenters. The van der Waals surface area contributed by atoms with Crippen LogP contribution in [0.2, 0.25) is 0 Å². The van der Waals surface area contributed by atoms with Crippen molar-refractivity contribution in [2.75, 3.05) is 13.1 Å². The molecule has 1 aromatic heterocycles. The molecule has 0 spiro atoms. The highest BCUT2D eigenvalue weighted by atomic mass is 32.1. The van der Waals surface area contributed by atoms with Crippen molar-refractivity contribution >= 4 is 23.2 Å². The Labute approximate surface area is 183 Å². The Balaban J connectivity index is 1.55. The van der Waals surface area contributed by atoms with Crippen molar-refractivity contribution in [1.82, 2.24) is 15.2 Å². The molecule has 2 amide bonds. The van der Waals surface area contributed by atoms with Gasteiger partial charge in [0.15, 0.2) is 0 Å². The van der Waals surface area contributed by atoms with E-state index in [0.29, 0.717) is 19.0 Å². The molecule has 1 aliphatic rings. The zero-order valence-corrected chi connectivity index (χ0v) is 19.3. The minimum Gasteiger partial charge on any atom is -0.348 e. The summed E-state index contributed by atoms with van der Waals surface area (Å²) in [5.41, 5.74) is 1.90. The van der Waals surface area contributed by atoms with Crippen LogP contribution in [0.5, 0.6) is 0 Å². The van der Waals surface area contributed by atoms with E-state index < -0.39 is 0 Å². The van der Waals surface area contributed by atoms with E-state index in [1.807, 2.05) is 42.2 Å². The third-order valence-electron chi connectivity index (χ3n) is 5.68. The fourth-order valence-electron chi connectivity index (χ4n) is 4.05. The van der Waals surface area contributed by atoms with Gasteiger partial charge in [-0.1, -0.05) is 51.1 Å². The van der Waals surface area contributed by atoms with Crippen molar-refractivity contribution in [1.29, 1.82) is 0 Å². The monoisotopic (exact) mass is 427 g/mol. The Bertz CT molecular complexity index is 855. The molecule has 1 saturated heterocycles. The van der Waals surface area contributed by atoms with Crippen molar-refractivity contribution < 1.29 is 9.59 Å². The molecule has 0 aliphatic carbocycles. The van der Waals surface area contributed by atoms with Gasteiger partial charge in [0.25, 0.3) is 5.91 Å². The number of rotatable bonds is 7. The lowest BCUT2D eigenvalue weighted by molar-refractivity contribution is -0.134. The summed E-state index contributed by atoms with van der Waals surface area (Å²) in [7, 11) is 0. The topological polar surface area (TPSA) is 62.3 Å². The zero-order chi connectivity index (χ0) is 21.7. The molecule has 1 fully saturated rings. The van der Waals surface area contributed by atoms with E-state index in [1.165, 1.54) is 11.3 Å². The number of benzene rings is 1. The molecular formula is C24H33N3O2S. The lowest BCUT2D eigenvalue weighted by Gasteiger charge is -2.34. The van der Waals surface area contributed by atoms with Crippen LogP contribution in [-0.4, -0.2) is 40.8 Å². The number of aromatic nitrogens is 1. The number of hydrogen-bond acceptors (Lipinski definition) is 4. The van der Waals surface area contributed by atoms with E-state index >= 15 is 0 Å². The van der Waals surface area contributed by atoms with Crippen LogP contribution < -0.4 is 5.32 Å². The van der Waals surface area contributed by atoms with Gasteiger partial charge < -0.3 is 10.2 Å². The SMILES string of the molecule is CCC(C(=O)N1CCC(NC(=O)c2sc(CC(C)C)nc2C)CC1)c1ccccc1. The Kier molecular flexibility index (Phi) is 7.64. The van der Waals surface area contributed by atoms with Gasteiger partial charge in [0.2, 0.25) is 5.91 Å². The van der Waals surface area contributed by atoms with Gasteiger partial charge in [0.1, 0.15) is 4.88 Å². The standard InChI is InChI=1S/C24H33N3O2S/c1-5-20(18-9-7-6-8-10-18)24(29)27-13-11-19(12-14-27)26-23(28)22-17(4)25-21(30-22)15-16(2)3/h6-10,16,19-20H,5,11-15H2,1-4H3,(H,26,28). The normalized spacial score (nSPS) is 16.0. The first-order valence-corrected chi connectivity index (χ1v) is 11.8. The lowest BCUT2D eigenvalue weighted by Crippen LogP contribution is -2.47. The average Bonchev–Trinajstić information content (AvgIpc) is 3.09. The minimum absolute atomic E-state index is 0.0273. The Morgan fingerprint density at radius 3 is 2.47 bits per heavy atom. The Morgan fingerprint density at radius 2 is 1.87 bits per heavy atom. The number of thiazole rings is 1. The first kappa shape index (κ1) is 22.5. The molecule has 2 aromatic rings. The summed E-state index contributed by atoms with van der Waals surface area (Å²) < 4.78 is 0. The highest BCUT2D eigenvalue weighted by molar-refractivity contribution is 7.13. The zero-order valence-electron chi connectivity index (χ0n) is 18.5. The molecule has 5 nitrogen and oxygen atoms in total. The summed E-state index contributed by atoms with van der Waals surface area (Å²) in [5, 5.41) is 4.20. The molecule has 1 atom stereocenters. The number of piperidine rings is 1. The number of amides is 2. The number of aryl methyl sites for hydroxylation is 1. The number of carbonyl (C=O) groups excluding carboxylic acids is 2. The van der Waals surface area contributed by atoms with Crippen molar-refractivity contribution in [3.8, 4) is 0 Å². The fraction of sp³-hybridized carbons (Fsp3) is 0.542. The van der Waals surface area contributed by atoms with Gasteiger partial charge in [-0.3, -0.25) is 9.59 Å². The van der Waals surface area contributed by atoms with Crippen LogP contribution in [0.15, 0.2) is 30.3 Å². The molecule has 2 heterocycles. The largest absolute Gasteiger partial charge is 0.348 e. The summed E-state index contributed by atoms with van der Waals surface area (Å²) in [4.78, 5) is 33.1. The molecule has 30 heavy (non-hydrogen) atoms. The third kappa shape index (κ3) is 5.48. The van der Waals surface area contributed by atoms with Crippen LogP contribution in [-0.2, 0) is 11.2 Å². The van der Waals surface area contributed by atoms with Gasteiger partial charge in [0.05, 0.1) is 16.6 Å². The lowest BCUT2D eigenvalue weighted by atomic mass is 9.93. The van der Waals surface area contributed by atoms with E-state index in [4.69, 9.17) is 0 Å². The first-order valence-electron chi connectivity index (χ1n) is 11.0. The van der Waals surface area contributed by atoms with E-state index in [-0.39, 0.29) is 23.8 Å². The molecule has 0 bridgehead atoms. The number of nitrogens with one attached hydrogen (secondary N) is 1. The van der Waals surface area contributed by atoms with Gasteiger partial charge in [-0.2, -0.15) is 0 Å². The second-order valence-electron chi connectivity index (χ2n) is 8.56. The van der Waals surface area contributed by atoms with Gasteiger partial charge in [-0.15, -0.1) is 11.3 Å². The molecule has 0 saturated carbocycles. The molecule has 0 radical (unpaired) electrons. The summed E-state index contributed by atoms with van der Waals surface area (Å²) in [5.74, 6) is 0.610. The van der Waals surface area contributed by atoms with Crippen LogP contribution >= 0.6 is 11.3 Å². The number of nitrogens with zero attached hydrogens (tertiary/aromatic N) is 2. The van der Waals surface area contributed by atoms with Crippen LogP contribution in [0.4, 0.5) is 0 Å². The van der Waals surface area contributed by atoms with E-state index in [1.54, 1.807) is 0 Å². The summed E-state index contributed by atoms with van der Waals surface area (Å²) in [6.45, 7) is 9.66. The highest BCUT2D eigenvalue weighted by Gasteiger charge is 2.29. The maximum Gasteiger partial charge on any atom is 0.263 e. The number of carbonyl (C=O) groups is 2. The first-order chi connectivity index (χ1) is 14.4. The second kappa shape index (κ2) is 10.2. The molecule has 1 aromatic carbocycles. The van der Waals surface area contributed by atoms with E-state index in [0.717, 1.165) is 46.8 Å². The maximum absolute atomic E-state index is 13.0. The van der Waals surface area contributed by atoms with Crippen molar-refractivity contribution in [3.05, 3.63) is 51.5 Å². The predicted molar refractivity (Wildman–Crippen MR) is 122 cm³/mol. The summed E-state index contributed by atoms with van der Waals surface area (Å²) >= 11 is 1.51. The van der Waals surface area contributed by atoms with Crippen LogP contribution in [0, 0.1) is 12.8 Å². The Morgan fingerprint density at radius 1 is 1.20 bits per heavy atom. The quantitative estimate of drug-likeness (QED) is 0.704. The van der Waals surface area contributed by atoms with E-state index in [9.17, 15) is 9.59 Å². The van der Waals surface area contributed by atoms with Crippen molar-refractivity contribution in [3.63, 3.8) is 0 Å². The number of hydrogen-bond donors (Lipinski definition) is 1. The van der Waals surface area contributed by atoms with Gasteiger partial charge in [0, 0.05) is 25.6 Å². The Hall–Kier alpha value is -2.21. The molecule has 1 N–H and O–H groups in total. The van der Waals surface area contributed by atoms with Gasteiger partial charge in [-0.25, -0.2) is 4.98 Å². The third-order valence-corrected chi connectivity index (χ3v) is 6.86. The highest BCUT2D eigenvalue weighted by Crippen LogP contribution is 2.25. The molecule has 6 heteroatoms. The molecule has 3 rings (SSSR count). The van der Waals surface area contributed by atoms with E-state index in [2.05, 4.69) is 31.1 Å². The predicted octanol–water partition coefficient (Wildman–Crippen LogP) is 4.56. The molecule has 1 aliphatic heterocycles. The molecule has 162 valence electrons. The fourth-order valence-corrected chi connectivity index (χ4v) is 5.23. The van der Waals surface area contributed by atoms with Gasteiger partial charge in [-0.05, 0) is 37.7 Å². The van der Waals surface area contributed by atoms with Crippen molar-refractivity contribution in [2.24, 2.45) is 5.92 Å². The van der Waals surface area contributed by atoms with Crippen LogP contribution in [0.1, 0.15) is 71.9 Å². The average molecular weight is 428 g/mol. The summed E-state index contributed by atoms with van der Waals surface area (Å²) in [6.07, 6.45) is 3.28. The van der Waals surface area contributed by atoms with Crippen molar-refractivity contribution in [2.45, 2.75) is 65.3 Å². The van der Waals surface area contributed by atoms with Gasteiger partial charge >= 0.3 is 0 Å². The summed E-state index contributed by atoms with van der Waals surface area (Å²) in [6, 6.07) is 10.1. The smallest absolute Gasteiger partial charge is 0.263 e. The minimum atomic E-state index is -0.0865. The maximum atomic E-state index is 13.0. The number of likely N-dealkylation sites (tertiary alicyclic amines) is 1.